The number of methoxy groups -OCH3 is 1. The van der Waals surface area contributed by atoms with Gasteiger partial charge < -0.3 is 15.8 Å². The van der Waals surface area contributed by atoms with E-state index in [1.807, 2.05) is 48.5 Å². The number of thioether (sulfide) groups is 1. The Bertz CT molecular complexity index is 1270. The van der Waals surface area contributed by atoms with E-state index in [-0.39, 0.29) is 17.5 Å². The van der Waals surface area contributed by atoms with Crippen LogP contribution >= 0.6 is 23.1 Å². The Morgan fingerprint density at radius 1 is 1.20 bits per heavy atom. The molecule has 8 nitrogen and oxygen atoms in total. The first-order valence-electron chi connectivity index (χ1n) is 8.86. The van der Waals surface area contributed by atoms with Crippen LogP contribution in [0.25, 0.3) is 15.9 Å². The first-order chi connectivity index (χ1) is 14.5. The largest absolute Gasteiger partial charge is 0.497 e. The highest BCUT2D eigenvalue weighted by Gasteiger charge is 2.14. The molecule has 2 aromatic heterocycles. The molecule has 0 bridgehead atoms. The number of nitrogens with two attached hydrogens (primary N) is 1. The molecule has 2 aromatic carbocycles. The second kappa shape index (κ2) is 8.56. The minimum Gasteiger partial charge on any atom is -0.497 e. The van der Waals surface area contributed by atoms with E-state index in [0.29, 0.717) is 10.3 Å². The van der Waals surface area contributed by atoms with Gasteiger partial charge in [-0.05, 0) is 30.3 Å². The first kappa shape index (κ1) is 19.9. The van der Waals surface area contributed by atoms with Crippen LogP contribution in [0.1, 0.15) is 0 Å². The molecule has 2 heterocycles. The summed E-state index contributed by atoms with van der Waals surface area (Å²) >= 11 is 2.49. The molecule has 0 fully saturated rings. The highest BCUT2D eigenvalue weighted by molar-refractivity contribution is 7.99. The first-order valence-corrected chi connectivity index (χ1v) is 10.7. The van der Waals surface area contributed by atoms with E-state index in [1.54, 1.807) is 11.7 Å². The SMILES string of the molecule is COc1ccc2nc(NC(=O)CSc3nc(=O)cc(N)n3-c3ccccc3)sc2c1. The molecule has 0 spiro atoms. The van der Waals surface area contributed by atoms with Gasteiger partial charge in [0.05, 0.1) is 23.1 Å². The number of thiazole rings is 1. The van der Waals surface area contributed by atoms with Crippen molar-refractivity contribution >= 4 is 50.2 Å². The number of para-hydroxylation sites is 1. The predicted octanol–water partition coefficient (Wildman–Crippen LogP) is 3.16. The lowest BCUT2D eigenvalue weighted by molar-refractivity contribution is -0.113. The zero-order chi connectivity index (χ0) is 21.1. The average Bonchev–Trinajstić information content (AvgIpc) is 3.13. The van der Waals surface area contributed by atoms with Crippen molar-refractivity contribution in [3.8, 4) is 11.4 Å². The number of nitrogen functional groups attached to an aromatic ring is 1. The number of hydrogen-bond donors (Lipinski definition) is 2. The number of amides is 1. The topological polar surface area (TPSA) is 112 Å². The third-order valence-corrected chi connectivity index (χ3v) is 5.99. The monoisotopic (exact) mass is 439 g/mol. The van der Waals surface area contributed by atoms with Crippen LogP contribution in [-0.4, -0.2) is 33.3 Å². The third kappa shape index (κ3) is 4.29. The second-order valence-corrected chi connectivity index (χ2v) is 8.14. The predicted molar refractivity (Wildman–Crippen MR) is 120 cm³/mol. The molecule has 152 valence electrons. The van der Waals surface area contributed by atoms with Crippen molar-refractivity contribution in [2.45, 2.75) is 5.16 Å². The molecule has 0 saturated carbocycles. The number of rotatable bonds is 6. The molecule has 30 heavy (non-hydrogen) atoms. The van der Waals surface area contributed by atoms with Crippen molar-refractivity contribution in [3.05, 3.63) is 65.0 Å². The van der Waals surface area contributed by atoms with Gasteiger partial charge in [-0.1, -0.05) is 41.3 Å². The van der Waals surface area contributed by atoms with Gasteiger partial charge in [-0.25, -0.2) is 4.98 Å². The molecule has 0 aliphatic carbocycles. The van der Waals surface area contributed by atoms with Gasteiger partial charge in [-0.15, -0.1) is 0 Å². The van der Waals surface area contributed by atoms with Gasteiger partial charge in [0.1, 0.15) is 11.6 Å². The van der Waals surface area contributed by atoms with Crippen LogP contribution < -0.4 is 21.3 Å². The van der Waals surface area contributed by atoms with Gasteiger partial charge in [0, 0.05) is 11.8 Å². The van der Waals surface area contributed by atoms with Crippen molar-refractivity contribution in [2.75, 3.05) is 23.9 Å². The van der Waals surface area contributed by atoms with Gasteiger partial charge in [-0.3, -0.25) is 14.2 Å². The molecule has 3 N–H and O–H groups in total. The van der Waals surface area contributed by atoms with Gasteiger partial charge in [-0.2, -0.15) is 4.98 Å². The Hall–Kier alpha value is -3.37. The summed E-state index contributed by atoms with van der Waals surface area (Å²) in [6.45, 7) is 0. The quantitative estimate of drug-likeness (QED) is 0.350. The Morgan fingerprint density at radius 2 is 2.00 bits per heavy atom. The van der Waals surface area contributed by atoms with E-state index in [4.69, 9.17) is 10.5 Å². The second-order valence-electron chi connectivity index (χ2n) is 6.16. The third-order valence-electron chi connectivity index (χ3n) is 4.12. The van der Waals surface area contributed by atoms with Gasteiger partial charge in [0.2, 0.25) is 5.91 Å². The van der Waals surface area contributed by atoms with Crippen LogP contribution in [0.15, 0.2) is 64.5 Å². The fourth-order valence-corrected chi connectivity index (χ4v) is 4.52. The summed E-state index contributed by atoms with van der Waals surface area (Å²) in [4.78, 5) is 32.7. The molecular formula is C20H17N5O3S2. The number of nitrogens with one attached hydrogen (secondary N) is 1. The van der Waals surface area contributed by atoms with E-state index in [1.165, 1.54) is 17.4 Å². The number of anilines is 2. The highest BCUT2D eigenvalue weighted by Crippen LogP contribution is 2.29. The Kier molecular flexibility index (Phi) is 5.68. The van der Waals surface area contributed by atoms with Crippen LogP contribution in [0.3, 0.4) is 0 Å². The summed E-state index contributed by atoms with van der Waals surface area (Å²) in [7, 11) is 1.60. The van der Waals surface area contributed by atoms with Crippen molar-refractivity contribution < 1.29 is 9.53 Å². The lowest BCUT2D eigenvalue weighted by Crippen LogP contribution is -2.19. The molecule has 0 atom stereocenters. The summed E-state index contributed by atoms with van der Waals surface area (Å²) in [5, 5.41) is 3.62. The van der Waals surface area contributed by atoms with Crippen LogP contribution in [0.5, 0.6) is 5.75 Å². The fourth-order valence-electron chi connectivity index (χ4n) is 2.78. The maximum atomic E-state index is 12.5. The van der Waals surface area contributed by atoms with Crippen molar-refractivity contribution in [1.29, 1.82) is 0 Å². The van der Waals surface area contributed by atoms with Crippen molar-refractivity contribution in [1.82, 2.24) is 14.5 Å². The maximum Gasteiger partial charge on any atom is 0.275 e. The van der Waals surface area contributed by atoms with Gasteiger partial charge >= 0.3 is 0 Å². The lowest BCUT2D eigenvalue weighted by atomic mass is 10.3. The van der Waals surface area contributed by atoms with Crippen molar-refractivity contribution in [2.24, 2.45) is 0 Å². The van der Waals surface area contributed by atoms with Crippen LogP contribution in [-0.2, 0) is 4.79 Å². The Balaban J connectivity index is 1.51. The van der Waals surface area contributed by atoms with E-state index in [9.17, 15) is 9.59 Å². The van der Waals surface area contributed by atoms with Crippen molar-refractivity contribution in [3.63, 3.8) is 0 Å². The highest BCUT2D eigenvalue weighted by atomic mass is 32.2. The fraction of sp³-hybridized carbons (Fsp3) is 0.100. The molecule has 4 rings (SSSR count). The number of carbonyl (C=O) groups is 1. The zero-order valence-electron chi connectivity index (χ0n) is 15.9. The number of nitrogens with zero attached hydrogens (tertiary/aromatic N) is 3. The number of aromatic nitrogens is 3. The Morgan fingerprint density at radius 3 is 2.77 bits per heavy atom. The van der Waals surface area contributed by atoms with E-state index in [0.717, 1.165) is 33.4 Å². The summed E-state index contributed by atoms with van der Waals surface area (Å²) < 4.78 is 7.76. The number of benzene rings is 2. The van der Waals surface area contributed by atoms with E-state index >= 15 is 0 Å². The molecular weight excluding hydrogens is 422 g/mol. The summed E-state index contributed by atoms with van der Waals surface area (Å²) in [5.74, 6) is 0.764. The molecule has 10 heteroatoms. The smallest absolute Gasteiger partial charge is 0.275 e. The number of carbonyl (C=O) groups excluding carboxylic acids is 1. The number of ether oxygens (including phenoxy) is 1. The molecule has 0 unspecified atom stereocenters. The summed E-state index contributed by atoms with van der Waals surface area (Å²) in [6.07, 6.45) is 0. The van der Waals surface area contributed by atoms with Gasteiger partial charge in [0.25, 0.3) is 5.56 Å². The average molecular weight is 440 g/mol. The Labute approximate surface area is 179 Å². The standard InChI is InChI=1S/C20H17N5O3S2/c1-28-13-7-8-14-15(9-13)30-19(22-14)23-18(27)11-29-20-24-17(26)10-16(21)25(20)12-5-3-2-4-6-12/h2-10H,11,21H2,1H3,(H,22,23,27). The maximum absolute atomic E-state index is 12.5. The lowest BCUT2D eigenvalue weighted by Gasteiger charge is -2.14. The van der Waals surface area contributed by atoms with Crippen LogP contribution in [0.4, 0.5) is 10.9 Å². The summed E-state index contributed by atoms with van der Waals surface area (Å²) in [6, 6.07) is 16.1. The normalized spacial score (nSPS) is 10.8. The molecule has 0 aliphatic heterocycles. The minimum atomic E-state index is -0.456. The molecule has 0 radical (unpaired) electrons. The van der Waals surface area contributed by atoms with Crippen LogP contribution in [0, 0.1) is 0 Å². The van der Waals surface area contributed by atoms with Crippen LogP contribution in [0.2, 0.25) is 0 Å². The summed E-state index contributed by atoms with van der Waals surface area (Å²) in [5.41, 5.74) is 7.12. The molecule has 0 aliphatic rings. The number of hydrogen-bond acceptors (Lipinski definition) is 8. The number of fused-ring (bicyclic) bond motifs is 1. The minimum absolute atomic E-state index is 0.0436. The molecule has 1 amide bonds. The van der Waals surface area contributed by atoms with E-state index < -0.39 is 5.56 Å². The van der Waals surface area contributed by atoms with E-state index in [2.05, 4.69) is 15.3 Å². The molecule has 4 aromatic rings. The van der Waals surface area contributed by atoms with Gasteiger partial charge in [0.15, 0.2) is 10.3 Å². The zero-order valence-corrected chi connectivity index (χ0v) is 17.5. The molecule has 0 saturated heterocycles.